The van der Waals surface area contributed by atoms with E-state index in [2.05, 4.69) is 0 Å². The Bertz CT molecular complexity index is 216. The van der Waals surface area contributed by atoms with Gasteiger partial charge in [0.15, 0.2) is 0 Å². The lowest BCUT2D eigenvalue weighted by Gasteiger charge is -2.04. The molecule has 1 aliphatic carbocycles. The first-order valence-corrected chi connectivity index (χ1v) is 5.55. The summed E-state index contributed by atoms with van der Waals surface area (Å²) in [5, 5.41) is 18.9. The van der Waals surface area contributed by atoms with Crippen molar-refractivity contribution < 1.29 is 10.2 Å². The lowest BCUT2D eigenvalue weighted by molar-refractivity contribution is 0.366. The van der Waals surface area contributed by atoms with E-state index in [1.54, 1.807) is 6.08 Å². The van der Waals surface area contributed by atoms with Crippen molar-refractivity contribution in [3.8, 4) is 0 Å². The summed E-state index contributed by atoms with van der Waals surface area (Å²) in [7, 11) is 0. The molecule has 0 aromatic carbocycles. The number of hydrogen-bond donors (Lipinski definition) is 2. The van der Waals surface area contributed by atoms with E-state index in [1.807, 2.05) is 6.08 Å². The van der Waals surface area contributed by atoms with Gasteiger partial charge in [-0.3, -0.25) is 0 Å². The molecule has 0 radical (unpaired) electrons. The maximum Gasteiger partial charge on any atom is 0.0921 e. The molecule has 0 amide bonds. The summed E-state index contributed by atoms with van der Waals surface area (Å²) < 4.78 is 0. The van der Waals surface area contributed by atoms with Crippen molar-refractivity contribution >= 4 is 0 Å². The molecule has 14 heavy (non-hydrogen) atoms. The van der Waals surface area contributed by atoms with Crippen LogP contribution in [0.2, 0.25) is 0 Å². The summed E-state index contributed by atoms with van der Waals surface area (Å²) in [5.41, 5.74) is 0. The van der Waals surface area contributed by atoms with Crippen LogP contribution < -0.4 is 0 Å². The van der Waals surface area contributed by atoms with Crippen molar-refractivity contribution in [1.29, 1.82) is 0 Å². The average Bonchev–Trinajstić information content (AvgIpc) is 2.17. The Morgan fingerprint density at radius 2 is 1.50 bits per heavy atom. The maximum absolute atomic E-state index is 9.43. The first-order chi connectivity index (χ1) is 6.79. The highest BCUT2D eigenvalue weighted by Gasteiger charge is 1.98. The van der Waals surface area contributed by atoms with Crippen LogP contribution in [-0.4, -0.2) is 10.2 Å². The van der Waals surface area contributed by atoms with E-state index in [0.29, 0.717) is 17.9 Å². The highest BCUT2D eigenvalue weighted by atomic mass is 16.3. The van der Waals surface area contributed by atoms with Gasteiger partial charge >= 0.3 is 0 Å². The van der Waals surface area contributed by atoms with Gasteiger partial charge in [-0.25, -0.2) is 0 Å². The molecule has 0 fully saturated rings. The molecular formula is C12H20O2. The first kappa shape index (κ1) is 11.2. The largest absolute Gasteiger partial charge is 0.513 e. The Morgan fingerprint density at radius 3 is 2.36 bits per heavy atom. The number of hydrogen-bond acceptors (Lipinski definition) is 2. The van der Waals surface area contributed by atoms with Crippen LogP contribution in [0.1, 0.15) is 51.4 Å². The predicted molar refractivity (Wildman–Crippen MR) is 58.4 cm³/mol. The maximum atomic E-state index is 9.43. The van der Waals surface area contributed by atoms with E-state index >= 15 is 0 Å². The number of rotatable bonds is 0. The Labute approximate surface area is 86.0 Å². The minimum atomic E-state index is 0.386. The highest BCUT2D eigenvalue weighted by Crippen LogP contribution is 2.14. The second-order valence-corrected chi connectivity index (χ2v) is 3.90. The van der Waals surface area contributed by atoms with Gasteiger partial charge in [-0.1, -0.05) is 19.3 Å². The van der Waals surface area contributed by atoms with Crippen LogP contribution in [-0.2, 0) is 0 Å². The van der Waals surface area contributed by atoms with Crippen LogP contribution in [0.4, 0.5) is 0 Å². The fourth-order valence-electron chi connectivity index (χ4n) is 1.66. The minimum Gasteiger partial charge on any atom is -0.513 e. The summed E-state index contributed by atoms with van der Waals surface area (Å²) in [5.74, 6) is 0.808. The SMILES string of the molecule is O/C1=C\C/C(O)=C\CCCCCCC1. The normalized spacial score (nSPS) is 28.9. The van der Waals surface area contributed by atoms with Crippen LogP contribution in [0.15, 0.2) is 23.7 Å². The van der Waals surface area contributed by atoms with Gasteiger partial charge in [-0.05, 0) is 31.4 Å². The molecule has 0 heterocycles. The summed E-state index contributed by atoms with van der Waals surface area (Å²) in [4.78, 5) is 0. The second kappa shape index (κ2) is 6.52. The van der Waals surface area contributed by atoms with Gasteiger partial charge in [0.25, 0.3) is 0 Å². The van der Waals surface area contributed by atoms with Gasteiger partial charge in [0.05, 0.1) is 11.5 Å². The fraction of sp³-hybridized carbons (Fsp3) is 0.667. The molecule has 0 aliphatic heterocycles. The quantitative estimate of drug-likeness (QED) is 0.614. The second-order valence-electron chi connectivity index (χ2n) is 3.90. The van der Waals surface area contributed by atoms with Crippen LogP contribution in [0.25, 0.3) is 0 Å². The summed E-state index contributed by atoms with van der Waals surface area (Å²) in [6, 6.07) is 0. The van der Waals surface area contributed by atoms with E-state index in [4.69, 9.17) is 0 Å². The first-order valence-electron chi connectivity index (χ1n) is 5.55. The molecular weight excluding hydrogens is 176 g/mol. The fourth-order valence-corrected chi connectivity index (χ4v) is 1.66. The van der Waals surface area contributed by atoms with E-state index in [-0.39, 0.29) is 0 Å². The van der Waals surface area contributed by atoms with Gasteiger partial charge in [0, 0.05) is 12.8 Å². The smallest absolute Gasteiger partial charge is 0.0921 e. The summed E-state index contributed by atoms with van der Waals surface area (Å²) in [6.07, 6.45) is 11.7. The van der Waals surface area contributed by atoms with E-state index in [1.165, 1.54) is 25.7 Å². The molecule has 0 saturated carbocycles. The third-order valence-electron chi connectivity index (χ3n) is 2.56. The molecule has 80 valence electrons. The molecule has 1 rings (SSSR count). The molecule has 0 aromatic heterocycles. The topological polar surface area (TPSA) is 40.5 Å². The molecule has 2 nitrogen and oxygen atoms in total. The van der Waals surface area contributed by atoms with Crippen LogP contribution in [0.5, 0.6) is 0 Å². The summed E-state index contributed by atoms with van der Waals surface area (Å²) in [6.45, 7) is 0. The Kier molecular flexibility index (Phi) is 5.20. The van der Waals surface area contributed by atoms with Gasteiger partial charge in [-0.2, -0.15) is 0 Å². The molecule has 0 atom stereocenters. The van der Waals surface area contributed by atoms with Crippen LogP contribution >= 0.6 is 0 Å². The monoisotopic (exact) mass is 196 g/mol. The lowest BCUT2D eigenvalue weighted by Crippen LogP contribution is -1.88. The molecule has 2 heteroatoms. The van der Waals surface area contributed by atoms with Gasteiger partial charge in [0.2, 0.25) is 0 Å². The zero-order chi connectivity index (χ0) is 10.2. The van der Waals surface area contributed by atoms with Crippen molar-refractivity contribution in [2.24, 2.45) is 0 Å². The molecule has 0 unspecified atom stereocenters. The van der Waals surface area contributed by atoms with Crippen molar-refractivity contribution in [3.63, 3.8) is 0 Å². The van der Waals surface area contributed by atoms with E-state index < -0.39 is 0 Å². The average molecular weight is 196 g/mol. The standard InChI is InChI=1S/C12H20O2/c13-11-7-5-3-1-2-4-6-8-12(14)10-9-11/h7,10,13-14H,1-6,8-9H2/b11-7+,12-10-. The van der Waals surface area contributed by atoms with E-state index in [0.717, 1.165) is 19.3 Å². The molecule has 0 aromatic rings. The predicted octanol–water partition coefficient (Wildman–Crippen LogP) is 4.00. The zero-order valence-electron chi connectivity index (χ0n) is 8.71. The summed E-state index contributed by atoms with van der Waals surface area (Å²) >= 11 is 0. The lowest BCUT2D eigenvalue weighted by atomic mass is 10.1. The molecule has 0 bridgehead atoms. The van der Waals surface area contributed by atoms with Crippen molar-refractivity contribution in [3.05, 3.63) is 23.7 Å². The molecule has 0 spiro atoms. The van der Waals surface area contributed by atoms with Crippen molar-refractivity contribution in [1.82, 2.24) is 0 Å². The van der Waals surface area contributed by atoms with E-state index in [9.17, 15) is 10.2 Å². The van der Waals surface area contributed by atoms with Crippen LogP contribution in [0, 0.1) is 0 Å². The third-order valence-corrected chi connectivity index (χ3v) is 2.56. The van der Waals surface area contributed by atoms with Gasteiger partial charge in [0.1, 0.15) is 0 Å². The Balaban J connectivity index is 2.45. The van der Waals surface area contributed by atoms with Crippen LogP contribution in [0.3, 0.4) is 0 Å². The van der Waals surface area contributed by atoms with Gasteiger partial charge in [-0.15, -0.1) is 0 Å². The third kappa shape index (κ3) is 4.95. The zero-order valence-corrected chi connectivity index (χ0v) is 8.71. The molecule has 1 aliphatic rings. The Morgan fingerprint density at radius 1 is 0.786 bits per heavy atom. The van der Waals surface area contributed by atoms with Gasteiger partial charge < -0.3 is 10.2 Å². The highest BCUT2D eigenvalue weighted by molar-refractivity contribution is 5.02. The van der Waals surface area contributed by atoms with Crippen molar-refractivity contribution in [2.75, 3.05) is 0 Å². The number of allylic oxidation sites excluding steroid dienone is 3. The Hall–Kier alpha value is -0.920. The number of aliphatic hydroxyl groups excluding tert-OH is 2. The number of aliphatic hydroxyl groups is 2. The minimum absolute atomic E-state index is 0.386. The van der Waals surface area contributed by atoms with Crippen molar-refractivity contribution in [2.45, 2.75) is 51.4 Å². The molecule has 2 N–H and O–H groups in total. The molecule has 0 saturated heterocycles.